The zero-order valence-corrected chi connectivity index (χ0v) is 16.1. The van der Waals surface area contributed by atoms with E-state index < -0.39 is 10.0 Å². The number of carbonyl (C=O) groups is 1. The Bertz CT molecular complexity index is 879. The molecule has 0 aromatic heterocycles. The fraction of sp³-hybridized carbons (Fsp3) is 0.316. The highest BCUT2D eigenvalue weighted by Gasteiger charge is 2.18. The summed E-state index contributed by atoms with van der Waals surface area (Å²) in [7, 11) is -1.92. The second-order valence-electron chi connectivity index (χ2n) is 6.21. The molecular weight excluding hydrogens is 350 g/mol. The van der Waals surface area contributed by atoms with E-state index in [1.54, 1.807) is 37.3 Å². The molecule has 7 heteroatoms. The topological polar surface area (TPSA) is 87.3 Å². The van der Waals surface area contributed by atoms with E-state index in [1.165, 1.54) is 6.07 Å². The summed E-state index contributed by atoms with van der Waals surface area (Å²) in [5.41, 5.74) is 2.54. The first-order valence-electron chi connectivity index (χ1n) is 8.46. The van der Waals surface area contributed by atoms with Crippen LogP contribution in [0.2, 0.25) is 0 Å². The minimum absolute atomic E-state index is 0.140. The van der Waals surface area contributed by atoms with Crippen molar-refractivity contribution in [2.45, 2.75) is 31.6 Å². The fourth-order valence-corrected chi connectivity index (χ4v) is 3.86. The highest BCUT2D eigenvalue weighted by Crippen LogP contribution is 2.23. The van der Waals surface area contributed by atoms with Gasteiger partial charge in [0.1, 0.15) is 0 Å². The predicted octanol–water partition coefficient (Wildman–Crippen LogP) is 3.04. The average molecular weight is 375 g/mol. The van der Waals surface area contributed by atoms with E-state index in [0.29, 0.717) is 29.8 Å². The van der Waals surface area contributed by atoms with Crippen LogP contribution in [-0.2, 0) is 14.8 Å². The van der Waals surface area contributed by atoms with E-state index in [0.717, 1.165) is 12.1 Å². The number of anilines is 2. The first-order valence-corrected chi connectivity index (χ1v) is 9.95. The minimum atomic E-state index is -3.75. The van der Waals surface area contributed by atoms with Crippen LogP contribution in [0, 0.1) is 13.8 Å². The van der Waals surface area contributed by atoms with Gasteiger partial charge in [0.15, 0.2) is 0 Å². The summed E-state index contributed by atoms with van der Waals surface area (Å²) in [6.45, 7) is 4.37. The van der Waals surface area contributed by atoms with Gasteiger partial charge in [0.05, 0.1) is 4.90 Å². The summed E-state index contributed by atoms with van der Waals surface area (Å²) >= 11 is 0. The summed E-state index contributed by atoms with van der Waals surface area (Å²) in [6.07, 6.45) is 1.09. The number of sulfonamides is 1. The zero-order chi connectivity index (χ0) is 19.2. The maximum atomic E-state index is 12.8. The monoisotopic (exact) mass is 375 g/mol. The third-order valence-corrected chi connectivity index (χ3v) is 5.39. The van der Waals surface area contributed by atoms with E-state index in [9.17, 15) is 13.2 Å². The van der Waals surface area contributed by atoms with Gasteiger partial charge < -0.3 is 10.6 Å². The summed E-state index contributed by atoms with van der Waals surface area (Å²) in [6, 6.07) is 12.0. The van der Waals surface area contributed by atoms with Gasteiger partial charge in [-0.3, -0.25) is 9.52 Å². The largest absolute Gasteiger partial charge is 0.326 e. The smallest absolute Gasteiger partial charge is 0.262 e. The van der Waals surface area contributed by atoms with Crippen molar-refractivity contribution in [2.75, 3.05) is 23.6 Å². The van der Waals surface area contributed by atoms with Gasteiger partial charge in [-0.05, 0) is 69.3 Å². The van der Waals surface area contributed by atoms with Crippen LogP contribution in [0.5, 0.6) is 0 Å². The lowest BCUT2D eigenvalue weighted by Crippen LogP contribution is -2.17. The molecule has 1 amide bonds. The summed E-state index contributed by atoms with van der Waals surface area (Å²) in [4.78, 5) is 12.1. The lowest BCUT2D eigenvalue weighted by atomic mass is 10.2. The standard InChI is InChI=1S/C19H25N3O3S/c1-14-6-4-7-17(12-14)22-26(24,25)18-13-16(10-9-15(18)2)21-19(23)8-5-11-20-3/h4,6-7,9-10,12-13,20,22H,5,8,11H2,1-3H3,(H,21,23). The Hall–Kier alpha value is -2.38. The Labute approximate surface area is 155 Å². The predicted molar refractivity (Wildman–Crippen MR) is 105 cm³/mol. The highest BCUT2D eigenvalue weighted by molar-refractivity contribution is 7.92. The molecule has 26 heavy (non-hydrogen) atoms. The van der Waals surface area contributed by atoms with Gasteiger partial charge >= 0.3 is 0 Å². The van der Waals surface area contributed by atoms with Gasteiger partial charge in [0.25, 0.3) is 10.0 Å². The van der Waals surface area contributed by atoms with E-state index >= 15 is 0 Å². The normalized spacial score (nSPS) is 11.2. The van der Waals surface area contributed by atoms with Crippen molar-refractivity contribution >= 4 is 27.3 Å². The second kappa shape index (κ2) is 8.82. The second-order valence-corrected chi connectivity index (χ2v) is 7.86. The fourth-order valence-electron chi connectivity index (χ4n) is 2.54. The molecule has 0 saturated heterocycles. The van der Waals surface area contributed by atoms with Crippen molar-refractivity contribution in [2.24, 2.45) is 0 Å². The van der Waals surface area contributed by atoms with Crippen molar-refractivity contribution in [3.63, 3.8) is 0 Å². The van der Waals surface area contributed by atoms with Crippen LogP contribution in [0.1, 0.15) is 24.0 Å². The minimum Gasteiger partial charge on any atom is -0.326 e. The molecule has 6 nitrogen and oxygen atoms in total. The maximum absolute atomic E-state index is 12.8. The number of nitrogens with one attached hydrogen (secondary N) is 3. The molecule has 0 saturated carbocycles. The zero-order valence-electron chi connectivity index (χ0n) is 15.3. The molecule has 2 rings (SSSR count). The molecule has 0 heterocycles. The summed E-state index contributed by atoms with van der Waals surface area (Å²) in [5, 5.41) is 5.74. The molecule has 2 aromatic rings. The lowest BCUT2D eigenvalue weighted by molar-refractivity contribution is -0.116. The van der Waals surface area contributed by atoms with Crippen LogP contribution >= 0.6 is 0 Å². The Kier molecular flexibility index (Phi) is 6.76. The molecule has 0 spiro atoms. The molecule has 140 valence electrons. The van der Waals surface area contributed by atoms with E-state index in [1.807, 2.05) is 20.0 Å². The highest BCUT2D eigenvalue weighted by atomic mass is 32.2. The quantitative estimate of drug-likeness (QED) is 0.619. The lowest BCUT2D eigenvalue weighted by Gasteiger charge is -2.13. The number of aryl methyl sites for hydroxylation is 2. The van der Waals surface area contributed by atoms with Gasteiger partial charge in [0.2, 0.25) is 5.91 Å². The molecule has 0 bridgehead atoms. The van der Waals surface area contributed by atoms with Crippen LogP contribution in [0.15, 0.2) is 47.4 Å². The molecule has 0 aliphatic heterocycles. The Morgan fingerprint density at radius 2 is 1.81 bits per heavy atom. The van der Waals surface area contributed by atoms with Gasteiger partial charge in [-0.2, -0.15) is 0 Å². The van der Waals surface area contributed by atoms with Crippen molar-refractivity contribution in [3.8, 4) is 0 Å². The number of carbonyl (C=O) groups excluding carboxylic acids is 1. The third kappa shape index (κ3) is 5.57. The Balaban J connectivity index is 2.18. The van der Waals surface area contributed by atoms with E-state index in [4.69, 9.17) is 0 Å². The van der Waals surface area contributed by atoms with Gasteiger partial charge in [-0.1, -0.05) is 18.2 Å². The average Bonchev–Trinajstić information content (AvgIpc) is 2.56. The van der Waals surface area contributed by atoms with Crippen LogP contribution in [0.4, 0.5) is 11.4 Å². The molecule has 0 fully saturated rings. The third-order valence-electron chi connectivity index (χ3n) is 3.86. The first kappa shape index (κ1) is 19.9. The Morgan fingerprint density at radius 1 is 1.04 bits per heavy atom. The van der Waals surface area contributed by atoms with Gasteiger partial charge in [-0.25, -0.2) is 8.42 Å². The molecule has 3 N–H and O–H groups in total. The molecule has 0 radical (unpaired) electrons. The molecule has 0 aliphatic carbocycles. The maximum Gasteiger partial charge on any atom is 0.262 e. The number of benzene rings is 2. The summed E-state index contributed by atoms with van der Waals surface area (Å²) < 4.78 is 28.1. The number of amides is 1. The molecule has 0 atom stereocenters. The van der Waals surface area contributed by atoms with Crippen molar-refractivity contribution in [1.29, 1.82) is 0 Å². The van der Waals surface area contributed by atoms with Crippen molar-refractivity contribution < 1.29 is 13.2 Å². The number of hydrogen-bond acceptors (Lipinski definition) is 4. The van der Waals surface area contributed by atoms with Gasteiger partial charge in [0, 0.05) is 17.8 Å². The molecule has 0 unspecified atom stereocenters. The SMILES string of the molecule is CNCCCC(=O)Nc1ccc(C)c(S(=O)(=O)Nc2cccc(C)c2)c1. The Morgan fingerprint density at radius 3 is 2.50 bits per heavy atom. The van der Waals surface area contributed by atoms with Crippen LogP contribution < -0.4 is 15.4 Å². The van der Waals surface area contributed by atoms with Crippen LogP contribution in [0.3, 0.4) is 0 Å². The summed E-state index contributed by atoms with van der Waals surface area (Å²) in [5.74, 6) is -0.140. The molecular formula is C19H25N3O3S. The van der Waals surface area contributed by atoms with Crippen molar-refractivity contribution in [1.82, 2.24) is 5.32 Å². The van der Waals surface area contributed by atoms with Gasteiger partial charge in [-0.15, -0.1) is 0 Å². The number of hydrogen-bond donors (Lipinski definition) is 3. The molecule has 2 aromatic carbocycles. The van der Waals surface area contributed by atoms with E-state index in [2.05, 4.69) is 15.4 Å². The molecule has 0 aliphatic rings. The van der Waals surface area contributed by atoms with Crippen LogP contribution in [0.25, 0.3) is 0 Å². The van der Waals surface area contributed by atoms with E-state index in [-0.39, 0.29) is 10.8 Å². The first-order chi connectivity index (χ1) is 12.3. The van der Waals surface area contributed by atoms with Crippen molar-refractivity contribution in [3.05, 3.63) is 53.6 Å². The van der Waals surface area contributed by atoms with Crippen LogP contribution in [-0.4, -0.2) is 27.9 Å². The number of rotatable bonds is 8.